The number of carbonyl (C=O) groups is 2. The third-order valence-corrected chi connectivity index (χ3v) is 4.85. The average Bonchev–Trinajstić information content (AvgIpc) is 2.63. The molecule has 0 spiro atoms. The van der Waals surface area contributed by atoms with Crippen LogP contribution in [0.3, 0.4) is 0 Å². The molecule has 0 aromatic heterocycles. The van der Waals surface area contributed by atoms with E-state index in [1.54, 1.807) is 0 Å². The second-order valence-corrected chi connectivity index (χ2v) is 6.37. The van der Waals surface area contributed by atoms with Gasteiger partial charge in [0, 0.05) is 23.5 Å². The fourth-order valence-corrected chi connectivity index (χ4v) is 3.59. The van der Waals surface area contributed by atoms with Gasteiger partial charge in [0.05, 0.1) is 0 Å². The Kier molecular flexibility index (Phi) is 5.02. The van der Waals surface area contributed by atoms with Crippen LogP contribution in [0.4, 0.5) is 0 Å². The fourth-order valence-electron chi connectivity index (χ4n) is 3.59. The second-order valence-electron chi connectivity index (χ2n) is 6.37. The lowest BCUT2D eigenvalue weighted by Crippen LogP contribution is -2.29. The summed E-state index contributed by atoms with van der Waals surface area (Å²) >= 11 is 0. The van der Waals surface area contributed by atoms with Gasteiger partial charge < -0.3 is 0 Å². The molecule has 23 heavy (non-hydrogen) atoms. The van der Waals surface area contributed by atoms with Gasteiger partial charge in [0.15, 0.2) is 11.6 Å². The SMILES string of the molecule is O=C(C[C@H]1CCCC[C@@H]1C(=O)c1ccccc1)c1ccccc1. The van der Waals surface area contributed by atoms with Crippen molar-refractivity contribution >= 4 is 11.6 Å². The van der Waals surface area contributed by atoms with E-state index >= 15 is 0 Å². The second kappa shape index (κ2) is 7.36. The summed E-state index contributed by atoms with van der Waals surface area (Å²) < 4.78 is 0. The number of ketones is 2. The van der Waals surface area contributed by atoms with Crippen LogP contribution in [0.2, 0.25) is 0 Å². The summed E-state index contributed by atoms with van der Waals surface area (Å²) in [5.41, 5.74) is 1.53. The van der Waals surface area contributed by atoms with Crippen LogP contribution in [0, 0.1) is 11.8 Å². The Morgan fingerprint density at radius 1 is 0.783 bits per heavy atom. The molecule has 0 N–H and O–H groups in total. The van der Waals surface area contributed by atoms with Crippen LogP contribution in [-0.4, -0.2) is 11.6 Å². The van der Waals surface area contributed by atoms with Crippen LogP contribution < -0.4 is 0 Å². The van der Waals surface area contributed by atoms with Crippen LogP contribution in [-0.2, 0) is 0 Å². The Bertz CT molecular complexity index is 661. The van der Waals surface area contributed by atoms with Gasteiger partial charge in [-0.25, -0.2) is 0 Å². The summed E-state index contributed by atoms with van der Waals surface area (Å²) in [4.78, 5) is 25.3. The maximum atomic E-state index is 12.8. The monoisotopic (exact) mass is 306 g/mol. The maximum Gasteiger partial charge on any atom is 0.166 e. The molecule has 0 saturated heterocycles. The van der Waals surface area contributed by atoms with E-state index in [2.05, 4.69) is 0 Å². The van der Waals surface area contributed by atoms with Gasteiger partial charge in [0.2, 0.25) is 0 Å². The van der Waals surface area contributed by atoms with Gasteiger partial charge in [-0.15, -0.1) is 0 Å². The number of hydrogen-bond acceptors (Lipinski definition) is 2. The number of hydrogen-bond donors (Lipinski definition) is 0. The van der Waals surface area contributed by atoms with Gasteiger partial charge in [-0.3, -0.25) is 9.59 Å². The summed E-state index contributed by atoms with van der Waals surface area (Å²) in [6.45, 7) is 0. The Balaban J connectivity index is 1.74. The minimum atomic E-state index is -0.0150. The first-order valence-electron chi connectivity index (χ1n) is 8.43. The highest BCUT2D eigenvalue weighted by Crippen LogP contribution is 2.35. The molecule has 2 aromatic carbocycles. The molecule has 0 amide bonds. The molecule has 0 radical (unpaired) electrons. The molecule has 1 fully saturated rings. The number of rotatable bonds is 5. The first-order valence-corrected chi connectivity index (χ1v) is 8.43. The van der Waals surface area contributed by atoms with E-state index in [9.17, 15) is 9.59 Å². The molecule has 0 bridgehead atoms. The van der Waals surface area contributed by atoms with Crippen molar-refractivity contribution in [3.63, 3.8) is 0 Å². The van der Waals surface area contributed by atoms with Crippen molar-refractivity contribution < 1.29 is 9.59 Å². The molecule has 118 valence electrons. The predicted octanol–water partition coefficient (Wildman–Crippen LogP) is 4.95. The van der Waals surface area contributed by atoms with Gasteiger partial charge in [-0.05, 0) is 18.8 Å². The molecule has 1 saturated carbocycles. The highest BCUT2D eigenvalue weighted by molar-refractivity contribution is 5.99. The fraction of sp³-hybridized carbons (Fsp3) is 0.333. The quantitative estimate of drug-likeness (QED) is 0.732. The van der Waals surface area contributed by atoms with E-state index in [4.69, 9.17) is 0 Å². The predicted molar refractivity (Wildman–Crippen MR) is 91.6 cm³/mol. The zero-order valence-corrected chi connectivity index (χ0v) is 13.3. The molecular formula is C21H22O2. The molecule has 0 aliphatic heterocycles. The molecule has 2 aromatic rings. The molecule has 2 nitrogen and oxygen atoms in total. The molecule has 3 rings (SSSR count). The van der Waals surface area contributed by atoms with E-state index in [0.717, 1.165) is 36.8 Å². The van der Waals surface area contributed by atoms with Crippen molar-refractivity contribution in [3.05, 3.63) is 71.8 Å². The van der Waals surface area contributed by atoms with E-state index in [0.29, 0.717) is 6.42 Å². The van der Waals surface area contributed by atoms with E-state index in [1.807, 2.05) is 60.7 Å². The number of Topliss-reactive ketones (excluding diaryl/α,β-unsaturated/α-hetero) is 2. The van der Waals surface area contributed by atoms with Crippen LogP contribution in [0.25, 0.3) is 0 Å². The summed E-state index contributed by atoms with van der Waals surface area (Å²) in [6, 6.07) is 18.9. The molecule has 0 heterocycles. The first-order chi connectivity index (χ1) is 11.3. The third-order valence-electron chi connectivity index (χ3n) is 4.85. The summed E-state index contributed by atoms with van der Waals surface area (Å²) in [5, 5.41) is 0. The molecule has 2 atom stereocenters. The summed E-state index contributed by atoms with van der Waals surface area (Å²) in [7, 11) is 0. The Labute approximate surface area is 137 Å². The smallest absolute Gasteiger partial charge is 0.166 e. The molecule has 1 aliphatic carbocycles. The van der Waals surface area contributed by atoms with E-state index < -0.39 is 0 Å². The maximum absolute atomic E-state index is 12.8. The van der Waals surface area contributed by atoms with Crippen LogP contribution >= 0.6 is 0 Å². The van der Waals surface area contributed by atoms with Crippen LogP contribution in [0.15, 0.2) is 60.7 Å². The Morgan fingerprint density at radius 2 is 1.35 bits per heavy atom. The van der Waals surface area contributed by atoms with Crippen molar-refractivity contribution in [3.8, 4) is 0 Å². The van der Waals surface area contributed by atoms with Crippen molar-refractivity contribution in [1.29, 1.82) is 0 Å². The zero-order valence-electron chi connectivity index (χ0n) is 13.3. The zero-order chi connectivity index (χ0) is 16.1. The summed E-state index contributed by atoms with van der Waals surface area (Å²) in [6.07, 6.45) is 4.56. The molecule has 0 unspecified atom stereocenters. The van der Waals surface area contributed by atoms with Gasteiger partial charge in [0.1, 0.15) is 0 Å². The van der Waals surface area contributed by atoms with Crippen molar-refractivity contribution in [2.45, 2.75) is 32.1 Å². The normalized spacial score (nSPS) is 20.9. The topological polar surface area (TPSA) is 34.1 Å². The lowest BCUT2D eigenvalue weighted by Gasteiger charge is -2.30. The van der Waals surface area contributed by atoms with Crippen molar-refractivity contribution in [2.24, 2.45) is 11.8 Å². The standard InChI is InChI=1S/C21H22O2/c22-20(16-9-3-1-4-10-16)15-18-13-7-8-14-19(18)21(23)17-11-5-2-6-12-17/h1-6,9-12,18-19H,7-8,13-15H2/t18-,19+/m1/s1. The lowest BCUT2D eigenvalue weighted by molar-refractivity contribution is 0.0784. The average molecular weight is 306 g/mol. The first kappa shape index (κ1) is 15.7. The Hall–Kier alpha value is -2.22. The van der Waals surface area contributed by atoms with Gasteiger partial charge in [-0.1, -0.05) is 73.5 Å². The van der Waals surface area contributed by atoms with Gasteiger partial charge in [0.25, 0.3) is 0 Å². The number of carbonyl (C=O) groups excluding carboxylic acids is 2. The molecule has 2 heteroatoms. The van der Waals surface area contributed by atoms with Crippen molar-refractivity contribution in [1.82, 2.24) is 0 Å². The van der Waals surface area contributed by atoms with Crippen LogP contribution in [0.1, 0.15) is 52.8 Å². The third kappa shape index (κ3) is 3.76. The minimum Gasteiger partial charge on any atom is -0.294 e. The largest absolute Gasteiger partial charge is 0.294 e. The van der Waals surface area contributed by atoms with E-state index in [-0.39, 0.29) is 23.4 Å². The number of benzene rings is 2. The molecular weight excluding hydrogens is 284 g/mol. The molecule has 1 aliphatic rings. The lowest BCUT2D eigenvalue weighted by atomic mass is 9.73. The summed E-state index contributed by atoms with van der Waals surface area (Å²) in [5.74, 6) is 0.516. The highest BCUT2D eigenvalue weighted by atomic mass is 16.1. The van der Waals surface area contributed by atoms with Crippen LogP contribution in [0.5, 0.6) is 0 Å². The van der Waals surface area contributed by atoms with Gasteiger partial charge in [-0.2, -0.15) is 0 Å². The van der Waals surface area contributed by atoms with E-state index in [1.165, 1.54) is 0 Å². The highest BCUT2D eigenvalue weighted by Gasteiger charge is 2.32. The Morgan fingerprint density at radius 3 is 2.00 bits per heavy atom. The minimum absolute atomic E-state index is 0.0150. The van der Waals surface area contributed by atoms with Crippen molar-refractivity contribution in [2.75, 3.05) is 0 Å². The van der Waals surface area contributed by atoms with Gasteiger partial charge >= 0.3 is 0 Å².